The minimum absolute atomic E-state index is 0.00338. The lowest BCUT2D eigenvalue weighted by molar-refractivity contribution is -0.115. The molecule has 5 nitrogen and oxygen atoms in total. The molecule has 1 amide bonds. The first kappa shape index (κ1) is 22.5. The number of Topliss-reactive ketones (excluding diaryl/α,β-unsaturated/α-hetero) is 1. The van der Waals surface area contributed by atoms with Crippen molar-refractivity contribution in [2.75, 3.05) is 16.0 Å². The summed E-state index contributed by atoms with van der Waals surface area (Å²) in [5, 5.41) is 9.38. The number of carbonyl (C=O) groups excluding carboxylic acids is 2. The van der Waals surface area contributed by atoms with Gasteiger partial charge in [-0.2, -0.15) is 0 Å². The minimum atomic E-state index is -0.285. The van der Waals surface area contributed by atoms with Crippen molar-refractivity contribution in [3.8, 4) is 0 Å². The third kappa shape index (κ3) is 6.94. The van der Waals surface area contributed by atoms with Crippen LogP contribution in [-0.4, -0.2) is 22.1 Å². The van der Waals surface area contributed by atoms with Crippen molar-refractivity contribution >= 4 is 57.8 Å². The van der Waals surface area contributed by atoms with Gasteiger partial charge >= 0.3 is 0 Å². The molecule has 0 fully saturated rings. The van der Waals surface area contributed by atoms with E-state index in [0.717, 1.165) is 16.3 Å². The van der Waals surface area contributed by atoms with Gasteiger partial charge in [-0.1, -0.05) is 18.2 Å². The summed E-state index contributed by atoms with van der Waals surface area (Å²) in [6.45, 7) is 3.37. The summed E-state index contributed by atoms with van der Waals surface area (Å²) in [6, 6.07) is 24.3. The van der Waals surface area contributed by atoms with Gasteiger partial charge in [-0.15, -0.1) is 11.8 Å². The van der Waals surface area contributed by atoms with E-state index >= 15 is 0 Å². The molecule has 0 heterocycles. The molecule has 3 aromatic rings. The molecule has 1 atom stereocenters. The number of hydrogen-bond donors (Lipinski definition) is 3. The third-order valence-electron chi connectivity index (χ3n) is 4.38. The fourth-order valence-electron chi connectivity index (χ4n) is 2.72. The summed E-state index contributed by atoms with van der Waals surface area (Å²) in [4.78, 5) is 24.8. The molecular weight excluding hydrogens is 426 g/mol. The van der Waals surface area contributed by atoms with Crippen LogP contribution in [0.4, 0.5) is 17.1 Å². The molecule has 0 aliphatic rings. The first-order valence-corrected chi connectivity index (χ1v) is 11.0. The number of benzene rings is 3. The number of nitrogens with one attached hydrogen (secondary N) is 3. The normalized spacial score (nSPS) is 11.3. The monoisotopic (exact) mass is 449 g/mol. The average molecular weight is 450 g/mol. The Morgan fingerprint density at radius 3 is 1.87 bits per heavy atom. The molecule has 3 rings (SSSR count). The zero-order chi connectivity index (χ0) is 22.2. The molecule has 7 heteroatoms. The summed E-state index contributed by atoms with van der Waals surface area (Å²) < 4.78 is 0. The van der Waals surface area contributed by atoms with Crippen molar-refractivity contribution in [2.45, 2.75) is 24.0 Å². The van der Waals surface area contributed by atoms with Crippen LogP contribution in [0.15, 0.2) is 83.8 Å². The van der Waals surface area contributed by atoms with E-state index in [9.17, 15) is 9.59 Å². The number of anilines is 3. The molecule has 158 valence electrons. The van der Waals surface area contributed by atoms with Crippen molar-refractivity contribution in [2.24, 2.45) is 0 Å². The lowest BCUT2D eigenvalue weighted by atomic mass is 10.1. The molecule has 1 unspecified atom stereocenters. The predicted molar refractivity (Wildman–Crippen MR) is 133 cm³/mol. The van der Waals surface area contributed by atoms with Crippen LogP contribution in [0.25, 0.3) is 0 Å². The predicted octanol–water partition coefficient (Wildman–Crippen LogP) is 5.82. The molecule has 0 aliphatic heterocycles. The lowest BCUT2D eigenvalue weighted by Crippen LogP contribution is -2.22. The summed E-state index contributed by atoms with van der Waals surface area (Å²) in [7, 11) is 0. The van der Waals surface area contributed by atoms with Crippen LogP contribution in [0.2, 0.25) is 0 Å². The molecule has 0 bridgehead atoms. The maximum atomic E-state index is 12.5. The number of thioether (sulfide) groups is 1. The SMILES string of the molecule is CC(=O)c1ccc(NC(=O)C(C)Sc2ccc(NC(=S)Nc3ccccc3)cc2)cc1. The van der Waals surface area contributed by atoms with Crippen LogP contribution in [0.5, 0.6) is 0 Å². The highest BCUT2D eigenvalue weighted by atomic mass is 32.2. The van der Waals surface area contributed by atoms with Crippen LogP contribution in [0.1, 0.15) is 24.2 Å². The molecule has 3 aromatic carbocycles. The van der Waals surface area contributed by atoms with Gasteiger partial charge in [-0.25, -0.2) is 0 Å². The zero-order valence-electron chi connectivity index (χ0n) is 17.2. The second-order valence-corrected chi connectivity index (χ2v) is 8.67. The standard InChI is InChI=1S/C24H23N3O2S2/c1-16(28)18-8-10-20(11-9-18)25-23(29)17(2)31-22-14-12-21(13-15-22)27-24(30)26-19-6-4-3-5-7-19/h3-15,17H,1-2H3,(H,25,29)(H2,26,27,30). The molecule has 0 saturated heterocycles. The number of rotatable bonds is 7. The maximum absolute atomic E-state index is 12.5. The smallest absolute Gasteiger partial charge is 0.237 e. The molecule has 0 spiro atoms. The fraction of sp³-hybridized carbons (Fsp3) is 0.125. The van der Waals surface area contributed by atoms with Crippen LogP contribution < -0.4 is 16.0 Å². The molecule has 0 aliphatic carbocycles. The Morgan fingerprint density at radius 1 is 0.774 bits per heavy atom. The molecular formula is C24H23N3O2S2. The Labute approximate surface area is 191 Å². The number of hydrogen-bond acceptors (Lipinski definition) is 4. The van der Waals surface area contributed by atoms with Gasteiger partial charge in [0.15, 0.2) is 10.9 Å². The van der Waals surface area contributed by atoms with Gasteiger partial charge in [-0.3, -0.25) is 9.59 Å². The number of ketones is 1. The van der Waals surface area contributed by atoms with E-state index in [2.05, 4.69) is 16.0 Å². The van der Waals surface area contributed by atoms with E-state index in [1.54, 1.807) is 24.3 Å². The van der Waals surface area contributed by atoms with Crippen molar-refractivity contribution in [1.29, 1.82) is 0 Å². The van der Waals surface area contributed by atoms with Crippen LogP contribution in [0, 0.1) is 0 Å². The number of thiocarbonyl (C=S) groups is 1. The largest absolute Gasteiger partial charge is 0.332 e. The van der Waals surface area contributed by atoms with E-state index in [1.807, 2.05) is 61.5 Å². The molecule has 0 radical (unpaired) electrons. The van der Waals surface area contributed by atoms with E-state index < -0.39 is 0 Å². The van der Waals surface area contributed by atoms with Crippen LogP contribution >= 0.6 is 24.0 Å². The Hall–Kier alpha value is -3.16. The quantitative estimate of drug-likeness (QED) is 0.240. The summed E-state index contributed by atoms with van der Waals surface area (Å²) in [5.74, 6) is -0.104. The van der Waals surface area contributed by atoms with E-state index in [0.29, 0.717) is 16.4 Å². The molecule has 31 heavy (non-hydrogen) atoms. The first-order chi connectivity index (χ1) is 14.9. The molecule has 3 N–H and O–H groups in total. The molecule has 0 aromatic heterocycles. The van der Waals surface area contributed by atoms with Gasteiger partial charge in [0.1, 0.15) is 0 Å². The highest BCUT2D eigenvalue weighted by molar-refractivity contribution is 8.00. The van der Waals surface area contributed by atoms with E-state index in [4.69, 9.17) is 12.2 Å². The summed E-state index contributed by atoms with van der Waals surface area (Å²) in [5.41, 5.74) is 3.07. The lowest BCUT2D eigenvalue weighted by Gasteiger charge is -2.13. The minimum Gasteiger partial charge on any atom is -0.332 e. The van der Waals surface area contributed by atoms with Gasteiger partial charge in [-0.05, 0) is 86.7 Å². The Bertz CT molecular complexity index is 1050. The zero-order valence-corrected chi connectivity index (χ0v) is 18.8. The van der Waals surface area contributed by atoms with Gasteiger partial charge in [0.05, 0.1) is 5.25 Å². The Balaban J connectivity index is 1.50. The second kappa shape index (κ2) is 10.7. The van der Waals surface area contributed by atoms with E-state index in [1.165, 1.54) is 18.7 Å². The van der Waals surface area contributed by atoms with Crippen molar-refractivity contribution in [3.05, 3.63) is 84.4 Å². The summed E-state index contributed by atoms with van der Waals surface area (Å²) in [6.07, 6.45) is 0. The van der Waals surface area contributed by atoms with Crippen molar-refractivity contribution in [1.82, 2.24) is 0 Å². The van der Waals surface area contributed by atoms with Gasteiger partial charge in [0.25, 0.3) is 0 Å². The number of amides is 1. The average Bonchev–Trinajstić information content (AvgIpc) is 2.76. The number of carbonyl (C=O) groups is 2. The topological polar surface area (TPSA) is 70.2 Å². The molecule has 0 saturated carbocycles. The Kier molecular flexibility index (Phi) is 7.81. The highest BCUT2D eigenvalue weighted by Gasteiger charge is 2.15. The van der Waals surface area contributed by atoms with Crippen LogP contribution in [-0.2, 0) is 4.79 Å². The van der Waals surface area contributed by atoms with Crippen LogP contribution in [0.3, 0.4) is 0 Å². The Morgan fingerprint density at radius 2 is 1.29 bits per heavy atom. The fourth-order valence-corrected chi connectivity index (χ4v) is 3.82. The van der Waals surface area contributed by atoms with Gasteiger partial charge in [0.2, 0.25) is 5.91 Å². The van der Waals surface area contributed by atoms with Gasteiger partial charge in [0, 0.05) is 27.5 Å². The number of para-hydroxylation sites is 1. The van der Waals surface area contributed by atoms with Crippen molar-refractivity contribution < 1.29 is 9.59 Å². The second-order valence-electron chi connectivity index (χ2n) is 6.85. The van der Waals surface area contributed by atoms with Gasteiger partial charge < -0.3 is 16.0 Å². The maximum Gasteiger partial charge on any atom is 0.237 e. The van der Waals surface area contributed by atoms with E-state index in [-0.39, 0.29) is 16.9 Å². The summed E-state index contributed by atoms with van der Waals surface area (Å²) >= 11 is 6.81. The van der Waals surface area contributed by atoms with Crippen molar-refractivity contribution in [3.63, 3.8) is 0 Å². The third-order valence-corrected chi connectivity index (χ3v) is 5.70. The highest BCUT2D eigenvalue weighted by Crippen LogP contribution is 2.26. The first-order valence-electron chi connectivity index (χ1n) is 9.72.